The Hall–Kier alpha value is -0.120. The van der Waals surface area contributed by atoms with Crippen LogP contribution < -0.4 is 5.73 Å². The van der Waals surface area contributed by atoms with Gasteiger partial charge in [0.2, 0.25) is 0 Å². The Bertz CT molecular complexity index is 285. The lowest BCUT2D eigenvalue weighted by Gasteiger charge is -2.46. The third-order valence-corrected chi connectivity index (χ3v) is 5.13. The summed E-state index contributed by atoms with van der Waals surface area (Å²) in [6.07, 6.45) is 3.91. The molecule has 1 aliphatic rings. The molecular formula is C18H38N2O. The molecule has 0 radical (unpaired) electrons. The summed E-state index contributed by atoms with van der Waals surface area (Å²) in [5, 5.41) is 0. The van der Waals surface area contributed by atoms with Crippen LogP contribution in [-0.2, 0) is 4.74 Å². The van der Waals surface area contributed by atoms with Crippen LogP contribution in [0.25, 0.3) is 0 Å². The molecule has 3 heteroatoms. The van der Waals surface area contributed by atoms with Gasteiger partial charge in [-0.05, 0) is 49.0 Å². The van der Waals surface area contributed by atoms with E-state index in [0.717, 1.165) is 32.2 Å². The first-order valence-electron chi connectivity index (χ1n) is 8.72. The summed E-state index contributed by atoms with van der Waals surface area (Å²) in [5.74, 6) is 2.15. The van der Waals surface area contributed by atoms with Crippen LogP contribution in [0.1, 0.15) is 53.9 Å². The van der Waals surface area contributed by atoms with Crippen LogP contribution in [0.15, 0.2) is 0 Å². The second-order valence-electron chi connectivity index (χ2n) is 8.32. The van der Waals surface area contributed by atoms with Gasteiger partial charge < -0.3 is 10.5 Å². The number of nitrogens with zero attached hydrogens (tertiary/aromatic N) is 1. The van der Waals surface area contributed by atoms with E-state index < -0.39 is 0 Å². The van der Waals surface area contributed by atoms with Gasteiger partial charge in [-0.15, -0.1) is 0 Å². The van der Waals surface area contributed by atoms with E-state index in [2.05, 4.69) is 39.5 Å². The molecule has 3 nitrogen and oxygen atoms in total. The van der Waals surface area contributed by atoms with Crippen molar-refractivity contribution in [2.75, 3.05) is 33.4 Å². The van der Waals surface area contributed by atoms with E-state index in [9.17, 15) is 0 Å². The van der Waals surface area contributed by atoms with E-state index in [1.807, 2.05) is 0 Å². The fraction of sp³-hybridized carbons (Fsp3) is 1.00. The van der Waals surface area contributed by atoms with E-state index in [1.165, 1.54) is 19.3 Å². The first-order valence-corrected chi connectivity index (χ1v) is 8.72. The molecule has 0 aromatic heterocycles. The van der Waals surface area contributed by atoms with Gasteiger partial charge >= 0.3 is 0 Å². The van der Waals surface area contributed by atoms with E-state index in [-0.39, 0.29) is 0 Å². The molecule has 0 saturated heterocycles. The zero-order valence-electron chi connectivity index (χ0n) is 15.2. The van der Waals surface area contributed by atoms with E-state index in [0.29, 0.717) is 23.3 Å². The van der Waals surface area contributed by atoms with Crippen molar-refractivity contribution in [3.8, 4) is 0 Å². The SMILES string of the molecule is COCCN(CC(C)C)C1CC(C(C)(C)C)CCC1CN. The highest BCUT2D eigenvalue weighted by Gasteiger charge is 2.37. The molecule has 0 spiro atoms. The summed E-state index contributed by atoms with van der Waals surface area (Å²) in [4.78, 5) is 2.66. The van der Waals surface area contributed by atoms with Crippen LogP contribution in [0, 0.1) is 23.2 Å². The molecule has 1 saturated carbocycles. The number of ether oxygens (including phenoxy) is 1. The van der Waals surface area contributed by atoms with E-state index >= 15 is 0 Å². The van der Waals surface area contributed by atoms with Gasteiger partial charge in [0.25, 0.3) is 0 Å². The van der Waals surface area contributed by atoms with Crippen molar-refractivity contribution >= 4 is 0 Å². The molecule has 2 N–H and O–H groups in total. The summed E-state index contributed by atoms with van der Waals surface area (Å²) < 4.78 is 5.33. The zero-order chi connectivity index (χ0) is 16.0. The Morgan fingerprint density at radius 2 is 1.90 bits per heavy atom. The van der Waals surface area contributed by atoms with Crippen molar-refractivity contribution in [2.24, 2.45) is 28.9 Å². The normalized spacial score (nSPS) is 27.6. The lowest BCUT2D eigenvalue weighted by Crippen LogP contribution is -2.50. The van der Waals surface area contributed by atoms with Gasteiger partial charge in [0.1, 0.15) is 0 Å². The predicted octanol–water partition coefficient (Wildman–Crippen LogP) is 3.38. The van der Waals surface area contributed by atoms with Gasteiger partial charge in [0.05, 0.1) is 6.61 Å². The van der Waals surface area contributed by atoms with Gasteiger partial charge in [0, 0.05) is 26.2 Å². The largest absolute Gasteiger partial charge is 0.383 e. The molecule has 0 amide bonds. The maximum atomic E-state index is 6.09. The standard InChI is InChI=1S/C18H38N2O/c1-14(2)13-20(9-10-21-6)17-11-16(18(3,4)5)8-7-15(17)12-19/h14-17H,7-13,19H2,1-6H3. The topological polar surface area (TPSA) is 38.5 Å². The average Bonchev–Trinajstić information content (AvgIpc) is 2.41. The minimum atomic E-state index is 0.405. The molecular weight excluding hydrogens is 260 g/mol. The Balaban J connectivity index is 2.82. The molecule has 3 atom stereocenters. The van der Waals surface area contributed by atoms with E-state index in [4.69, 9.17) is 10.5 Å². The van der Waals surface area contributed by atoms with Crippen LogP contribution in [0.3, 0.4) is 0 Å². The lowest BCUT2D eigenvalue weighted by molar-refractivity contribution is 0.0247. The third-order valence-electron chi connectivity index (χ3n) is 5.13. The second-order valence-corrected chi connectivity index (χ2v) is 8.32. The molecule has 1 rings (SSSR count). The van der Waals surface area contributed by atoms with Crippen LogP contribution in [0.2, 0.25) is 0 Å². The minimum Gasteiger partial charge on any atom is -0.383 e. The van der Waals surface area contributed by atoms with Crippen LogP contribution in [-0.4, -0.2) is 44.3 Å². The molecule has 126 valence electrons. The molecule has 1 aliphatic carbocycles. The molecule has 0 bridgehead atoms. The smallest absolute Gasteiger partial charge is 0.0589 e. The highest BCUT2D eigenvalue weighted by Crippen LogP contribution is 2.41. The van der Waals surface area contributed by atoms with Gasteiger partial charge in [-0.2, -0.15) is 0 Å². The summed E-state index contributed by atoms with van der Waals surface area (Å²) in [6, 6.07) is 0.630. The monoisotopic (exact) mass is 298 g/mol. The maximum Gasteiger partial charge on any atom is 0.0589 e. The summed E-state index contributed by atoms with van der Waals surface area (Å²) >= 11 is 0. The van der Waals surface area contributed by atoms with E-state index in [1.54, 1.807) is 7.11 Å². The van der Waals surface area contributed by atoms with Crippen molar-refractivity contribution < 1.29 is 4.74 Å². The van der Waals surface area contributed by atoms with Gasteiger partial charge in [-0.1, -0.05) is 34.6 Å². The lowest BCUT2D eigenvalue weighted by atomic mass is 9.67. The molecule has 1 fully saturated rings. The summed E-state index contributed by atoms with van der Waals surface area (Å²) in [5.41, 5.74) is 6.49. The van der Waals surface area contributed by atoms with Crippen molar-refractivity contribution in [1.29, 1.82) is 0 Å². The first-order chi connectivity index (χ1) is 9.79. The van der Waals surface area contributed by atoms with Gasteiger partial charge in [-0.25, -0.2) is 0 Å². The quantitative estimate of drug-likeness (QED) is 0.783. The minimum absolute atomic E-state index is 0.405. The second kappa shape index (κ2) is 8.50. The first kappa shape index (κ1) is 18.9. The van der Waals surface area contributed by atoms with Crippen molar-refractivity contribution in [2.45, 2.75) is 59.9 Å². The van der Waals surface area contributed by atoms with Crippen molar-refractivity contribution in [3.63, 3.8) is 0 Å². The van der Waals surface area contributed by atoms with Crippen LogP contribution in [0.5, 0.6) is 0 Å². The van der Waals surface area contributed by atoms with Crippen LogP contribution in [0.4, 0.5) is 0 Å². The van der Waals surface area contributed by atoms with Crippen molar-refractivity contribution in [1.82, 2.24) is 4.90 Å². The number of hydrogen-bond donors (Lipinski definition) is 1. The zero-order valence-corrected chi connectivity index (χ0v) is 15.2. The summed E-state index contributed by atoms with van der Waals surface area (Å²) in [6.45, 7) is 15.6. The van der Waals surface area contributed by atoms with Gasteiger partial charge in [0.15, 0.2) is 0 Å². The van der Waals surface area contributed by atoms with Crippen molar-refractivity contribution in [3.05, 3.63) is 0 Å². The third kappa shape index (κ3) is 5.88. The molecule has 3 unspecified atom stereocenters. The molecule has 0 aromatic rings. The molecule has 0 aliphatic heterocycles. The van der Waals surface area contributed by atoms with Gasteiger partial charge in [-0.3, -0.25) is 4.90 Å². The number of nitrogens with two attached hydrogens (primary N) is 1. The predicted molar refractivity (Wildman–Crippen MR) is 91.4 cm³/mol. The Kier molecular flexibility index (Phi) is 7.66. The highest BCUT2D eigenvalue weighted by molar-refractivity contribution is 4.91. The summed E-state index contributed by atoms with van der Waals surface area (Å²) in [7, 11) is 1.80. The molecule has 0 heterocycles. The molecule has 0 aromatic carbocycles. The van der Waals surface area contributed by atoms with Crippen LogP contribution >= 0.6 is 0 Å². The Labute approximate surface area is 132 Å². The fourth-order valence-corrected chi connectivity index (χ4v) is 3.79. The highest BCUT2D eigenvalue weighted by atomic mass is 16.5. The average molecular weight is 299 g/mol. The fourth-order valence-electron chi connectivity index (χ4n) is 3.79. The molecule has 21 heavy (non-hydrogen) atoms. The number of hydrogen-bond acceptors (Lipinski definition) is 3. The Morgan fingerprint density at radius 1 is 1.24 bits per heavy atom. The number of rotatable bonds is 7. The maximum absolute atomic E-state index is 6.09. The Morgan fingerprint density at radius 3 is 2.38 bits per heavy atom. The number of methoxy groups -OCH3 is 1.